The fourth-order valence-corrected chi connectivity index (χ4v) is 2.79. The monoisotopic (exact) mass is 282 g/mol. The maximum atomic E-state index is 11.6. The van der Waals surface area contributed by atoms with Crippen molar-refractivity contribution in [3.8, 4) is 0 Å². The number of halogens is 1. The normalized spacial score (nSPS) is 20.9. The van der Waals surface area contributed by atoms with Gasteiger partial charge in [-0.1, -0.05) is 6.07 Å². The average Bonchev–Trinajstić information content (AvgIpc) is 2.29. The number of nitrogens with zero attached hydrogens (tertiary/aromatic N) is 2. The van der Waals surface area contributed by atoms with Crippen molar-refractivity contribution in [1.82, 2.24) is 9.88 Å². The van der Waals surface area contributed by atoms with Crippen LogP contribution in [-0.4, -0.2) is 22.3 Å². The smallest absolute Gasteiger partial charge is 0.219 e. The second-order valence-corrected chi connectivity index (χ2v) is 4.86. The van der Waals surface area contributed by atoms with E-state index in [1.54, 1.807) is 13.1 Å². The Morgan fingerprint density at radius 2 is 2.38 bits per heavy atom. The van der Waals surface area contributed by atoms with Gasteiger partial charge in [0.25, 0.3) is 0 Å². The van der Waals surface area contributed by atoms with Crippen LogP contribution >= 0.6 is 15.9 Å². The van der Waals surface area contributed by atoms with Gasteiger partial charge in [0.2, 0.25) is 5.91 Å². The molecule has 0 radical (unpaired) electrons. The third-order valence-electron chi connectivity index (χ3n) is 3.05. The van der Waals surface area contributed by atoms with E-state index in [4.69, 9.17) is 0 Å². The largest absolute Gasteiger partial charge is 0.336 e. The highest BCUT2D eigenvalue weighted by Crippen LogP contribution is 2.33. The van der Waals surface area contributed by atoms with Gasteiger partial charge in [-0.25, -0.2) is 4.98 Å². The van der Waals surface area contributed by atoms with Crippen molar-refractivity contribution in [3.63, 3.8) is 0 Å². The molecule has 0 bridgehead atoms. The third-order valence-corrected chi connectivity index (χ3v) is 3.72. The predicted molar refractivity (Wildman–Crippen MR) is 65.9 cm³/mol. The highest BCUT2D eigenvalue weighted by atomic mass is 79.9. The lowest BCUT2D eigenvalue weighted by Gasteiger charge is -2.35. The topological polar surface area (TPSA) is 33.2 Å². The molecule has 1 aromatic heterocycles. The summed E-state index contributed by atoms with van der Waals surface area (Å²) in [5.74, 6) is 0.153. The van der Waals surface area contributed by atoms with Gasteiger partial charge in [0.15, 0.2) is 0 Å². The summed E-state index contributed by atoms with van der Waals surface area (Å²) in [7, 11) is 0. The van der Waals surface area contributed by atoms with E-state index in [0.717, 1.165) is 29.6 Å². The first-order valence-electron chi connectivity index (χ1n) is 5.58. The van der Waals surface area contributed by atoms with Gasteiger partial charge in [-0.3, -0.25) is 4.79 Å². The molecule has 0 saturated carbocycles. The van der Waals surface area contributed by atoms with E-state index in [9.17, 15) is 4.79 Å². The van der Waals surface area contributed by atoms with E-state index in [-0.39, 0.29) is 11.9 Å². The Morgan fingerprint density at radius 1 is 1.56 bits per heavy atom. The first kappa shape index (κ1) is 11.6. The second kappa shape index (κ2) is 4.95. The molecular weight excluding hydrogens is 268 g/mol. The van der Waals surface area contributed by atoms with Crippen molar-refractivity contribution in [2.24, 2.45) is 0 Å². The van der Waals surface area contributed by atoms with E-state index in [2.05, 4.69) is 20.9 Å². The fourth-order valence-electron chi connectivity index (χ4n) is 2.28. The standard InChI is InChI=1S/C12H15BrN2O/c1-9(16)15-8-3-2-6-11(15)10-5-4-7-14-12(10)13/h4-5,7,11H,2-3,6,8H2,1H3. The van der Waals surface area contributed by atoms with Crippen molar-refractivity contribution < 1.29 is 4.79 Å². The molecule has 16 heavy (non-hydrogen) atoms. The molecular formula is C12H15BrN2O. The highest BCUT2D eigenvalue weighted by Gasteiger charge is 2.27. The van der Waals surface area contributed by atoms with Crippen LogP contribution in [0.4, 0.5) is 0 Å². The molecule has 1 aromatic rings. The van der Waals surface area contributed by atoms with Crippen molar-refractivity contribution >= 4 is 21.8 Å². The first-order chi connectivity index (χ1) is 7.70. The Morgan fingerprint density at radius 3 is 3.06 bits per heavy atom. The van der Waals surface area contributed by atoms with Crippen LogP contribution < -0.4 is 0 Å². The molecule has 4 heteroatoms. The Labute approximate surface area is 104 Å². The van der Waals surface area contributed by atoms with Gasteiger partial charge in [-0.2, -0.15) is 0 Å². The van der Waals surface area contributed by atoms with Crippen LogP contribution in [0, 0.1) is 0 Å². The minimum absolute atomic E-state index is 0.153. The SMILES string of the molecule is CC(=O)N1CCCCC1c1cccnc1Br. The minimum atomic E-state index is 0.153. The van der Waals surface area contributed by atoms with Crippen molar-refractivity contribution in [2.75, 3.05) is 6.54 Å². The quantitative estimate of drug-likeness (QED) is 0.742. The van der Waals surface area contributed by atoms with E-state index in [1.165, 1.54) is 6.42 Å². The lowest BCUT2D eigenvalue weighted by molar-refractivity contribution is -0.132. The number of piperidine rings is 1. The molecule has 1 unspecified atom stereocenters. The van der Waals surface area contributed by atoms with Crippen molar-refractivity contribution in [1.29, 1.82) is 0 Å². The highest BCUT2D eigenvalue weighted by molar-refractivity contribution is 9.10. The number of pyridine rings is 1. The summed E-state index contributed by atoms with van der Waals surface area (Å²) in [5.41, 5.74) is 1.12. The molecule has 0 aromatic carbocycles. The molecule has 0 N–H and O–H groups in total. The molecule has 86 valence electrons. The number of carbonyl (C=O) groups excluding carboxylic acids is 1. The number of likely N-dealkylation sites (tertiary alicyclic amines) is 1. The number of aromatic nitrogens is 1. The van der Waals surface area contributed by atoms with Crippen LogP contribution in [0.5, 0.6) is 0 Å². The third kappa shape index (κ3) is 2.26. The van der Waals surface area contributed by atoms with E-state index in [0.29, 0.717) is 0 Å². The Bertz CT molecular complexity index is 394. The zero-order valence-corrected chi connectivity index (χ0v) is 10.9. The fraction of sp³-hybridized carbons (Fsp3) is 0.500. The van der Waals surface area contributed by atoms with Gasteiger partial charge < -0.3 is 4.90 Å². The molecule has 1 saturated heterocycles. The molecule has 1 amide bonds. The summed E-state index contributed by atoms with van der Waals surface area (Å²) in [6.07, 6.45) is 5.07. The predicted octanol–water partition coefficient (Wildman–Crippen LogP) is 2.92. The molecule has 0 aliphatic carbocycles. The number of rotatable bonds is 1. The summed E-state index contributed by atoms with van der Waals surface area (Å²) in [6.45, 7) is 2.50. The van der Waals surface area contributed by atoms with Crippen LogP contribution in [0.1, 0.15) is 37.8 Å². The maximum Gasteiger partial charge on any atom is 0.219 e. The van der Waals surface area contributed by atoms with Crippen LogP contribution in [0.15, 0.2) is 22.9 Å². The average molecular weight is 283 g/mol. The zero-order valence-electron chi connectivity index (χ0n) is 9.32. The molecule has 0 spiro atoms. The summed E-state index contributed by atoms with van der Waals surface area (Å²) < 4.78 is 0.855. The van der Waals surface area contributed by atoms with Crippen LogP contribution in [0.3, 0.4) is 0 Å². The minimum Gasteiger partial charge on any atom is -0.336 e. The molecule has 1 atom stereocenters. The summed E-state index contributed by atoms with van der Waals surface area (Å²) in [4.78, 5) is 17.8. The maximum absolute atomic E-state index is 11.6. The van der Waals surface area contributed by atoms with Gasteiger partial charge in [-0.05, 0) is 41.3 Å². The van der Waals surface area contributed by atoms with Gasteiger partial charge in [-0.15, -0.1) is 0 Å². The second-order valence-electron chi connectivity index (χ2n) is 4.11. The lowest BCUT2D eigenvalue weighted by atomic mass is 9.96. The van der Waals surface area contributed by atoms with Crippen LogP contribution in [-0.2, 0) is 4.79 Å². The van der Waals surface area contributed by atoms with Crippen molar-refractivity contribution in [2.45, 2.75) is 32.2 Å². The van der Waals surface area contributed by atoms with E-state index >= 15 is 0 Å². The summed E-state index contributed by atoms with van der Waals surface area (Å²) in [5, 5.41) is 0. The Hall–Kier alpha value is -0.900. The number of amides is 1. The molecule has 3 nitrogen and oxygen atoms in total. The Balaban J connectivity index is 2.30. The van der Waals surface area contributed by atoms with Crippen LogP contribution in [0.2, 0.25) is 0 Å². The van der Waals surface area contributed by atoms with Gasteiger partial charge in [0.1, 0.15) is 4.60 Å². The van der Waals surface area contributed by atoms with E-state index < -0.39 is 0 Å². The van der Waals surface area contributed by atoms with Crippen molar-refractivity contribution in [3.05, 3.63) is 28.5 Å². The zero-order chi connectivity index (χ0) is 11.5. The molecule has 1 aliphatic rings. The first-order valence-corrected chi connectivity index (χ1v) is 6.37. The molecule has 1 aliphatic heterocycles. The number of carbonyl (C=O) groups is 1. The molecule has 2 heterocycles. The molecule has 1 fully saturated rings. The number of hydrogen-bond donors (Lipinski definition) is 0. The lowest BCUT2D eigenvalue weighted by Crippen LogP contribution is -2.37. The Kier molecular flexibility index (Phi) is 3.59. The summed E-state index contributed by atoms with van der Waals surface area (Å²) in [6, 6.07) is 4.16. The summed E-state index contributed by atoms with van der Waals surface area (Å²) >= 11 is 3.46. The van der Waals surface area contributed by atoms with Gasteiger partial charge in [0, 0.05) is 25.2 Å². The van der Waals surface area contributed by atoms with Gasteiger partial charge in [0.05, 0.1) is 6.04 Å². The van der Waals surface area contributed by atoms with Crippen LogP contribution in [0.25, 0.3) is 0 Å². The molecule has 2 rings (SSSR count). The van der Waals surface area contributed by atoms with Gasteiger partial charge >= 0.3 is 0 Å². The number of hydrogen-bond acceptors (Lipinski definition) is 2. The van der Waals surface area contributed by atoms with E-state index in [1.807, 2.05) is 17.0 Å².